The van der Waals surface area contributed by atoms with E-state index in [0.29, 0.717) is 0 Å². The van der Waals surface area contributed by atoms with Gasteiger partial charge in [0.1, 0.15) is 0 Å². The van der Waals surface area contributed by atoms with Crippen molar-refractivity contribution in [3.05, 3.63) is 28.2 Å². The van der Waals surface area contributed by atoms with E-state index in [1.54, 1.807) is 12.3 Å². The van der Waals surface area contributed by atoms with Crippen molar-refractivity contribution >= 4 is 0 Å². The Kier molecular flexibility index (Phi) is 7.47. The lowest BCUT2D eigenvalue weighted by atomic mass is 10.2. The smallest absolute Gasteiger partial charge is 0.223 e. The highest BCUT2D eigenvalue weighted by Gasteiger charge is 2.10. The largest absolute Gasteiger partial charge is 0.503 e. The molecule has 0 atom stereocenters. The Balaban J connectivity index is 2.94. The van der Waals surface area contributed by atoms with Crippen LogP contribution >= 0.6 is 0 Å². The van der Waals surface area contributed by atoms with E-state index in [9.17, 15) is 9.90 Å². The molecule has 1 aromatic rings. The van der Waals surface area contributed by atoms with Crippen LogP contribution in [-0.2, 0) is 13.1 Å². The van der Waals surface area contributed by atoms with Crippen LogP contribution in [0.4, 0.5) is 0 Å². The molecule has 0 spiro atoms. The topological polar surface area (TPSA) is 48.7 Å². The van der Waals surface area contributed by atoms with Crippen molar-refractivity contribution in [1.29, 1.82) is 0 Å². The summed E-state index contributed by atoms with van der Waals surface area (Å²) >= 11 is 0. The summed E-state index contributed by atoms with van der Waals surface area (Å²) in [7, 11) is 0. The molecule has 0 unspecified atom stereocenters. The van der Waals surface area contributed by atoms with Crippen LogP contribution in [0.15, 0.2) is 17.1 Å². The lowest BCUT2D eigenvalue weighted by Crippen LogP contribution is -2.30. The minimum atomic E-state index is -0.295. The molecule has 0 amide bonds. The third kappa shape index (κ3) is 5.17. The van der Waals surface area contributed by atoms with E-state index in [1.165, 1.54) is 0 Å². The van der Waals surface area contributed by atoms with Crippen LogP contribution in [0.25, 0.3) is 0 Å². The van der Waals surface area contributed by atoms with Crippen molar-refractivity contribution < 1.29 is 5.11 Å². The zero-order valence-electron chi connectivity index (χ0n) is 13.8. The highest BCUT2D eigenvalue weighted by molar-refractivity contribution is 5.20. The van der Waals surface area contributed by atoms with Crippen LogP contribution in [-0.4, -0.2) is 52.2 Å². The zero-order valence-corrected chi connectivity index (χ0v) is 13.8. The van der Waals surface area contributed by atoms with Gasteiger partial charge in [0.15, 0.2) is 5.75 Å². The highest BCUT2D eigenvalue weighted by atomic mass is 16.3. The molecule has 1 aromatic heterocycles. The van der Waals surface area contributed by atoms with Crippen LogP contribution in [0.3, 0.4) is 0 Å². The molecule has 0 aliphatic rings. The Morgan fingerprint density at radius 3 is 2.14 bits per heavy atom. The van der Waals surface area contributed by atoms with E-state index in [0.717, 1.165) is 51.5 Å². The van der Waals surface area contributed by atoms with Crippen LogP contribution in [0, 0.1) is 0 Å². The molecule has 5 nitrogen and oxygen atoms in total. The lowest BCUT2D eigenvalue weighted by Gasteiger charge is -2.24. The number of rotatable bonds is 9. The first-order valence-corrected chi connectivity index (χ1v) is 7.92. The molecule has 1 heterocycles. The Bertz CT molecular complexity index is 477. The Labute approximate surface area is 127 Å². The highest BCUT2D eigenvalue weighted by Crippen LogP contribution is 2.09. The zero-order chi connectivity index (χ0) is 15.8. The average Bonchev–Trinajstić information content (AvgIpc) is 2.49. The van der Waals surface area contributed by atoms with E-state index in [4.69, 9.17) is 0 Å². The van der Waals surface area contributed by atoms with Gasteiger partial charge in [-0.2, -0.15) is 0 Å². The second-order valence-corrected chi connectivity index (χ2v) is 5.20. The van der Waals surface area contributed by atoms with Crippen LogP contribution in [0.5, 0.6) is 5.75 Å². The minimum absolute atomic E-state index is 0.169. The number of hydrogen-bond acceptors (Lipinski definition) is 4. The summed E-state index contributed by atoms with van der Waals surface area (Å²) < 4.78 is 2.01. The summed E-state index contributed by atoms with van der Waals surface area (Å²) in [6, 6.07) is 1.57. The Hall–Kier alpha value is -1.33. The van der Waals surface area contributed by atoms with E-state index in [1.807, 2.05) is 4.57 Å². The molecule has 0 aliphatic carbocycles. The molecule has 0 saturated carbocycles. The predicted octanol–water partition coefficient (Wildman–Crippen LogP) is 1.74. The van der Waals surface area contributed by atoms with Gasteiger partial charge in [0.2, 0.25) is 5.43 Å². The third-order valence-electron chi connectivity index (χ3n) is 4.03. The predicted molar refractivity (Wildman–Crippen MR) is 86.8 cm³/mol. The fraction of sp³-hybridized carbons (Fsp3) is 0.688. The van der Waals surface area contributed by atoms with E-state index >= 15 is 0 Å². The maximum Gasteiger partial charge on any atom is 0.223 e. The first-order chi connectivity index (χ1) is 10.0. The summed E-state index contributed by atoms with van der Waals surface area (Å²) in [5, 5.41) is 9.69. The maximum absolute atomic E-state index is 11.7. The van der Waals surface area contributed by atoms with Gasteiger partial charge in [0, 0.05) is 31.4 Å². The fourth-order valence-corrected chi connectivity index (χ4v) is 2.41. The fourth-order valence-electron chi connectivity index (χ4n) is 2.41. The average molecular weight is 295 g/mol. The van der Waals surface area contributed by atoms with Gasteiger partial charge in [-0.1, -0.05) is 27.7 Å². The summed E-state index contributed by atoms with van der Waals surface area (Å²) in [6.07, 6.45) is 1.57. The van der Waals surface area contributed by atoms with Crippen LogP contribution < -0.4 is 5.43 Å². The van der Waals surface area contributed by atoms with E-state index in [-0.39, 0.29) is 11.2 Å². The van der Waals surface area contributed by atoms with Crippen molar-refractivity contribution in [3.8, 4) is 5.75 Å². The number of pyridine rings is 1. The molecule has 1 rings (SSSR count). The molecule has 21 heavy (non-hydrogen) atoms. The molecule has 0 saturated heterocycles. The van der Waals surface area contributed by atoms with Gasteiger partial charge >= 0.3 is 0 Å². The van der Waals surface area contributed by atoms with E-state index < -0.39 is 0 Å². The third-order valence-corrected chi connectivity index (χ3v) is 4.03. The molecule has 0 aromatic carbocycles. The summed E-state index contributed by atoms with van der Waals surface area (Å²) in [6.45, 7) is 14.9. The minimum Gasteiger partial charge on any atom is -0.503 e. The van der Waals surface area contributed by atoms with Crippen LogP contribution in [0.1, 0.15) is 33.4 Å². The van der Waals surface area contributed by atoms with Gasteiger partial charge in [0.25, 0.3) is 0 Å². The first-order valence-electron chi connectivity index (χ1n) is 7.92. The second kappa shape index (κ2) is 8.85. The van der Waals surface area contributed by atoms with Gasteiger partial charge in [-0.05, 0) is 26.2 Å². The second-order valence-electron chi connectivity index (χ2n) is 5.20. The van der Waals surface area contributed by atoms with Crippen LogP contribution in [0.2, 0.25) is 0 Å². The summed E-state index contributed by atoms with van der Waals surface area (Å²) in [5.74, 6) is -0.169. The number of hydrogen-bond donors (Lipinski definition) is 1. The van der Waals surface area contributed by atoms with Crippen molar-refractivity contribution in [3.63, 3.8) is 0 Å². The summed E-state index contributed by atoms with van der Waals surface area (Å²) in [5.41, 5.74) is 0.671. The first kappa shape index (κ1) is 17.7. The van der Waals surface area contributed by atoms with Gasteiger partial charge in [-0.15, -0.1) is 0 Å². The molecule has 120 valence electrons. The molecule has 0 fully saturated rings. The van der Waals surface area contributed by atoms with Crippen molar-refractivity contribution in [1.82, 2.24) is 14.4 Å². The van der Waals surface area contributed by atoms with E-state index in [2.05, 4.69) is 37.5 Å². The summed E-state index contributed by atoms with van der Waals surface area (Å²) in [4.78, 5) is 16.3. The van der Waals surface area contributed by atoms with Gasteiger partial charge in [-0.25, -0.2) is 0 Å². The molecule has 0 aliphatic heterocycles. The molecule has 0 bridgehead atoms. The monoisotopic (exact) mass is 295 g/mol. The number of aromatic nitrogens is 1. The van der Waals surface area contributed by atoms with Gasteiger partial charge < -0.3 is 14.6 Å². The molecular formula is C16H29N3O2. The molecule has 1 N–H and O–H groups in total. The van der Waals surface area contributed by atoms with Crippen molar-refractivity contribution in [2.24, 2.45) is 0 Å². The number of likely N-dealkylation sites (N-methyl/N-ethyl adjacent to an activating group) is 1. The maximum atomic E-state index is 11.7. The molecular weight excluding hydrogens is 266 g/mol. The normalized spacial score (nSPS) is 11.5. The Morgan fingerprint density at radius 2 is 1.62 bits per heavy atom. The van der Waals surface area contributed by atoms with Crippen molar-refractivity contribution in [2.75, 3.05) is 32.7 Å². The number of nitrogens with zero attached hydrogens (tertiary/aromatic N) is 3. The SMILES string of the molecule is CCN(CC)CCn1cc(O)c(=O)cc1CN(CC)CC. The van der Waals surface area contributed by atoms with Crippen molar-refractivity contribution in [2.45, 2.75) is 40.8 Å². The van der Waals surface area contributed by atoms with Gasteiger partial charge in [0.05, 0.1) is 6.20 Å². The lowest BCUT2D eigenvalue weighted by molar-refractivity contribution is 0.269. The quantitative estimate of drug-likeness (QED) is 0.754. The number of aromatic hydroxyl groups is 1. The standard InChI is InChI=1S/C16H29N3O2/c1-5-17(6-2)9-10-19-13-16(21)15(20)11-14(19)12-18(7-3)8-4/h11,13,21H,5-10,12H2,1-4H3. The molecule has 5 heteroatoms. The van der Waals surface area contributed by atoms with Gasteiger partial charge in [-0.3, -0.25) is 9.69 Å². The molecule has 0 radical (unpaired) electrons. The Morgan fingerprint density at radius 1 is 1.05 bits per heavy atom.